The fourth-order valence-electron chi connectivity index (χ4n) is 0.0821. The summed E-state index contributed by atoms with van der Waals surface area (Å²) in [6.45, 7) is 0. The molecule has 0 atom stereocenters. The molecule has 0 fully saturated rings. The summed E-state index contributed by atoms with van der Waals surface area (Å²) in [4.78, 5) is -0.765. The van der Waals surface area contributed by atoms with Crippen LogP contribution in [0.15, 0.2) is 0 Å². The van der Waals surface area contributed by atoms with Gasteiger partial charge in [0.25, 0.3) is 0 Å². The molecule has 46 valence electrons. The molecule has 0 amide bonds. The third kappa shape index (κ3) is 2.01. The molecule has 0 aliphatic rings. The highest BCUT2D eigenvalue weighted by Gasteiger charge is 1.93. The van der Waals surface area contributed by atoms with Crippen molar-refractivity contribution in [2.45, 2.75) is 0 Å². The van der Waals surface area contributed by atoms with E-state index >= 15 is 0 Å². The molecule has 0 saturated heterocycles. The molecule has 0 rings (SSSR count). The Balaban J connectivity index is 4.78. The molecule has 0 spiro atoms. The molecule has 4 nitrogen and oxygen atoms in total. The third-order valence-corrected chi connectivity index (χ3v) is 1.35. The normalized spacial score (nSPS) is 8.12. The molecule has 4 N–H and O–H groups in total. The van der Waals surface area contributed by atoms with Crippen molar-refractivity contribution in [2.24, 2.45) is 11.5 Å². The fraction of sp³-hybridized carbons (Fsp3) is 0. The Morgan fingerprint density at radius 1 is 1.38 bits per heavy atom. The standard InChI is InChI=1S/C2H4N2O2S2/c3-1(7)2(4)8(5)6/h4H2,(H2,3,7). The van der Waals surface area contributed by atoms with Crippen LogP contribution < -0.4 is 11.5 Å². The molecular weight excluding hydrogens is 148 g/mol. The van der Waals surface area contributed by atoms with E-state index in [1.807, 2.05) is 0 Å². The minimum Gasteiger partial charge on any atom is -0.388 e. The molecule has 0 aromatic rings. The quantitative estimate of drug-likeness (QED) is 0.402. The Morgan fingerprint density at radius 2 is 1.75 bits per heavy atom. The van der Waals surface area contributed by atoms with Crippen molar-refractivity contribution in [1.82, 2.24) is 0 Å². The molecule has 0 aliphatic heterocycles. The van der Waals surface area contributed by atoms with E-state index in [-0.39, 0.29) is 4.99 Å². The van der Waals surface area contributed by atoms with Crippen LogP contribution in [0.4, 0.5) is 0 Å². The average molecular weight is 152 g/mol. The summed E-state index contributed by atoms with van der Waals surface area (Å²) in [5.74, 6) is 0. The molecule has 0 aromatic carbocycles. The maximum absolute atomic E-state index is 9.81. The zero-order valence-electron chi connectivity index (χ0n) is 3.79. The smallest absolute Gasteiger partial charge is 0.235 e. The number of hydrogen-bond donors (Lipinski definition) is 2. The number of thiocarbonyl (C=S) groups is 1. The summed E-state index contributed by atoms with van der Waals surface area (Å²) in [6, 6.07) is 0. The van der Waals surface area contributed by atoms with Gasteiger partial charge in [0.05, 0.1) is 0 Å². The van der Waals surface area contributed by atoms with Gasteiger partial charge in [-0.2, -0.15) is 8.42 Å². The van der Waals surface area contributed by atoms with Gasteiger partial charge in [-0.05, 0) is 0 Å². The van der Waals surface area contributed by atoms with Crippen molar-refractivity contribution < 1.29 is 8.42 Å². The van der Waals surface area contributed by atoms with E-state index in [1.165, 1.54) is 0 Å². The van der Waals surface area contributed by atoms with Gasteiger partial charge in [-0.15, -0.1) is 0 Å². The minimum absolute atomic E-state index is 0.293. The predicted molar refractivity (Wildman–Crippen MR) is 34.9 cm³/mol. The van der Waals surface area contributed by atoms with E-state index in [1.54, 1.807) is 0 Å². The molecule has 6 heteroatoms. The highest BCUT2D eigenvalue weighted by atomic mass is 32.2. The maximum atomic E-state index is 9.81. The molecule has 0 heterocycles. The molecule has 0 aliphatic carbocycles. The molecule has 0 aromatic heterocycles. The lowest BCUT2D eigenvalue weighted by Crippen LogP contribution is -2.29. The van der Waals surface area contributed by atoms with E-state index in [0.717, 1.165) is 0 Å². The minimum atomic E-state index is -2.46. The fourth-order valence-corrected chi connectivity index (χ4v) is 0.451. The lowest BCUT2D eigenvalue weighted by atomic mass is 10.7. The van der Waals surface area contributed by atoms with Gasteiger partial charge >= 0.3 is 0 Å². The van der Waals surface area contributed by atoms with Gasteiger partial charge in [0.15, 0.2) is 4.99 Å². The first-order valence-corrected chi connectivity index (χ1v) is 3.05. The van der Waals surface area contributed by atoms with Crippen LogP contribution in [0.2, 0.25) is 0 Å². The first-order valence-electron chi connectivity index (χ1n) is 1.57. The Bertz CT molecular complexity index is 218. The predicted octanol–water partition coefficient (Wildman–Crippen LogP) is -1.76. The third-order valence-electron chi connectivity index (χ3n) is 0.422. The van der Waals surface area contributed by atoms with Crippen LogP contribution in [0.3, 0.4) is 0 Å². The average Bonchev–Trinajstić information content (AvgIpc) is 1.64. The van der Waals surface area contributed by atoms with Crippen molar-refractivity contribution in [2.75, 3.05) is 0 Å². The summed E-state index contributed by atoms with van der Waals surface area (Å²) < 4.78 is 19.6. The SMILES string of the molecule is NC(=S)C(N)=S(=O)=O. The maximum Gasteiger partial charge on any atom is 0.235 e. The van der Waals surface area contributed by atoms with Crippen molar-refractivity contribution in [1.29, 1.82) is 0 Å². The first kappa shape index (κ1) is 7.54. The van der Waals surface area contributed by atoms with Crippen LogP contribution in [0.5, 0.6) is 0 Å². The van der Waals surface area contributed by atoms with E-state index in [2.05, 4.69) is 12.2 Å². The van der Waals surface area contributed by atoms with Gasteiger partial charge in [-0.1, -0.05) is 12.2 Å². The van der Waals surface area contributed by atoms with E-state index in [4.69, 9.17) is 11.5 Å². The first-order chi connectivity index (χ1) is 3.55. The van der Waals surface area contributed by atoms with Crippen molar-refractivity contribution in [3.8, 4) is 0 Å². The van der Waals surface area contributed by atoms with E-state index in [9.17, 15) is 8.42 Å². The highest BCUT2D eigenvalue weighted by Crippen LogP contribution is 1.60. The molecule has 0 bridgehead atoms. The molecular formula is C2H4N2O2S2. The largest absolute Gasteiger partial charge is 0.388 e. The van der Waals surface area contributed by atoms with Crippen molar-refractivity contribution >= 4 is 32.5 Å². The van der Waals surface area contributed by atoms with Crippen molar-refractivity contribution in [3.63, 3.8) is 0 Å². The zero-order valence-corrected chi connectivity index (χ0v) is 5.42. The van der Waals surface area contributed by atoms with Crippen LogP contribution in [0, 0.1) is 0 Å². The Morgan fingerprint density at radius 3 is 1.75 bits per heavy atom. The number of hydrogen-bond acceptors (Lipinski definition) is 3. The zero-order chi connectivity index (χ0) is 6.73. The Hall–Kier alpha value is -0.460. The summed E-state index contributed by atoms with van der Waals surface area (Å²) in [5.41, 5.74) is 9.61. The number of rotatable bonds is 0. The molecule has 0 unspecified atom stereocenters. The number of nitrogens with two attached hydrogens (primary N) is 2. The Labute approximate surface area is 53.0 Å². The van der Waals surface area contributed by atoms with Gasteiger partial charge in [-0.25, -0.2) is 0 Å². The van der Waals surface area contributed by atoms with E-state index < -0.39 is 15.3 Å². The lowest BCUT2D eigenvalue weighted by Gasteiger charge is -1.83. The second kappa shape index (κ2) is 2.75. The second-order valence-electron chi connectivity index (χ2n) is 0.963. The molecule has 0 saturated carbocycles. The monoisotopic (exact) mass is 152 g/mol. The van der Waals surface area contributed by atoms with Gasteiger partial charge < -0.3 is 5.73 Å². The van der Waals surface area contributed by atoms with Gasteiger partial charge in [-0.3, -0.25) is 5.73 Å². The molecule has 8 heavy (non-hydrogen) atoms. The van der Waals surface area contributed by atoms with Crippen LogP contribution in [0.1, 0.15) is 0 Å². The summed E-state index contributed by atoms with van der Waals surface area (Å²) in [6.07, 6.45) is 0. The highest BCUT2D eigenvalue weighted by molar-refractivity contribution is 7.86. The van der Waals surface area contributed by atoms with Gasteiger partial charge in [0, 0.05) is 0 Å². The van der Waals surface area contributed by atoms with Crippen LogP contribution >= 0.6 is 12.2 Å². The lowest BCUT2D eigenvalue weighted by molar-refractivity contribution is 0.627. The van der Waals surface area contributed by atoms with Crippen molar-refractivity contribution in [3.05, 3.63) is 0 Å². The summed E-state index contributed by atoms with van der Waals surface area (Å²) in [7, 11) is -2.46. The van der Waals surface area contributed by atoms with Gasteiger partial charge in [0.1, 0.15) is 4.99 Å². The Kier molecular flexibility index (Phi) is 2.59. The second-order valence-corrected chi connectivity index (χ2v) is 2.31. The summed E-state index contributed by atoms with van der Waals surface area (Å²) in [5, 5.41) is 0. The van der Waals surface area contributed by atoms with Crippen LogP contribution in [0.25, 0.3) is 0 Å². The molecule has 0 radical (unpaired) electrons. The summed E-state index contributed by atoms with van der Waals surface area (Å²) >= 11 is 4.22. The van der Waals surface area contributed by atoms with E-state index in [0.29, 0.717) is 0 Å². The van der Waals surface area contributed by atoms with Gasteiger partial charge in [0.2, 0.25) is 10.3 Å². The van der Waals surface area contributed by atoms with Crippen LogP contribution in [-0.2, 0) is 10.3 Å². The topological polar surface area (TPSA) is 86.2 Å². The van der Waals surface area contributed by atoms with Crippen LogP contribution in [-0.4, -0.2) is 18.4 Å².